The van der Waals surface area contributed by atoms with E-state index in [1.165, 1.54) is 0 Å². The highest BCUT2D eigenvalue weighted by molar-refractivity contribution is 5.97. The second-order valence-corrected chi connectivity index (χ2v) is 4.01. The maximum Gasteiger partial charge on any atom is 0.405 e. The third-order valence-corrected chi connectivity index (χ3v) is 3.00. The molecule has 6 nitrogen and oxygen atoms in total. The fourth-order valence-electron chi connectivity index (χ4n) is 2.25. The second-order valence-electron chi connectivity index (χ2n) is 4.01. The van der Waals surface area contributed by atoms with Gasteiger partial charge >= 0.3 is 18.0 Å². The molecule has 0 aromatic rings. The van der Waals surface area contributed by atoms with Crippen molar-refractivity contribution in [3.8, 4) is 0 Å². The van der Waals surface area contributed by atoms with E-state index in [2.05, 4.69) is 10.1 Å². The molecular weight excluding hydrogens is 214 g/mol. The Labute approximate surface area is 91.3 Å². The number of hydrogen-bond acceptors (Lipinski definition) is 4. The van der Waals surface area contributed by atoms with Gasteiger partial charge in [0, 0.05) is 0 Å². The monoisotopic (exact) mass is 225 g/mol. The molecule has 1 amide bonds. The van der Waals surface area contributed by atoms with Crippen LogP contribution in [0.3, 0.4) is 0 Å². The minimum absolute atomic E-state index is 0.115. The number of carbonyl (C=O) groups excluding carboxylic acids is 2. The largest absolute Gasteiger partial charge is 0.465 e. The van der Waals surface area contributed by atoms with Crippen LogP contribution < -0.4 is 5.32 Å². The van der Waals surface area contributed by atoms with E-state index in [1.807, 2.05) is 0 Å². The van der Waals surface area contributed by atoms with Gasteiger partial charge in [0.05, 0.1) is 17.9 Å². The van der Waals surface area contributed by atoms with Gasteiger partial charge in [0.25, 0.3) is 0 Å². The Morgan fingerprint density at radius 2 is 1.94 bits per heavy atom. The summed E-state index contributed by atoms with van der Waals surface area (Å²) in [5.41, 5.74) is 0. The van der Waals surface area contributed by atoms with E-state index in [-0.39, 0.29) is 5.92 Å². The van der Waals surface area contributed by atoms with Crippen molar-refractivity contribution < 1.29 is 24.2 Å². The summed E-state index contributed by atoms with van der Waals surface area (Å²) in [7, 11) is 0. The van der Waals surface area contributed by atoms with Crippen molar-refractivity contribution in [2.75, 3.05) is 0 Å². The Bertz CT molecular complexity index is 389. The number of ether oxygens (including phenoxy) is 1. The predicted octanol–water partition coefficient (Wildman–Crippen LogP) is 0.144. The average Bonchev–Trinajstić information content (AvgIpc) is 2.47. The highest BCUT2D eigenvalue weighted by Gasteiger charge is 2.51. The topological polar surface area (TPSA) is 92.7 Å². The number of rotatable bonds is 1. The highest BCUT2D eigenvalue weighted by atomic mass is 16.6. The molecule has 86 valence electrons. The Balaban J connectivity index is 2.29. The molecule has 2 N–H and O–H groups in total. The van der Waals surface area contributed by atoms with E-state index in [9.17, 15) is 14.4 Å². The van der Waals surface area contributed by atoms with Crippen LogP contribution in [0, 0.1) is 17.8 Å². The molecule has 1 fully saturated rings. The van der Waals surface area contributed by atoms with Gasteiger partial charge in [-0.25, -0.2) is 4.79 Å². The Hall–Kier alpha value is -1.85. The molecule has 0 aromatic heterocycles. The fourth-order valence-corrected chi connectivity index (χ4v) is 2.25. The first kappa shape index (κ1) is 10.7. The van der Waals surface area contributed by atoms with Gasteiger partial charge in [-0.15, -0.1) is 0 Å². The van der Waals surface area contributed by atoms with Crippen molar-refractivity contribution in [3.63, 3.8) is 0 Å². The van der Waals surface area contributed by atoms with Gasteiger partial charge in [-0.05, 0) is 5.92 Å². The van der Waals surface area contributed by atoms with Gasteiger partial charge in [-0.1, -0.05) is 19.1 Å². The normalized spacial score (nSPS) is 36.8. The fraction of sp³-hybridized carbons (Fsp3) is 0.500. The van der Waals surface area contributed by atoms with Crippen LogP contribution in [-0.4, -0.2) is 29.2 Å². The highest BCUT2D eigenvalue weighted by Crippen LogP contribution is 2.37. The minimum Gasteiger partial charge on any atom is -0.465 e. The smallest absolute Gasteiger partial charge is 0.405 e. The molecule has 1 aliphatic heterocycles. The molecule has 4 unspecified atom stereocenters. The zero-order valence-corrected chi connectivity index (χ0v) is 8.54. The lowest BCUT2D eigenvalue weighted by molar-refractivity contribution is -0.154. The predicted molar refractivity (Wildman–Crippen MR) is 51.3 cm³/mol. The molecule has 0 spiro atoms. The summed E-state index contributed by atoms with van der Waals surface area (Å²) < 4.78 is 4.54. The molecule has 2 rings (SSSR count). The van der Waals surface area contributed by atoms with Crippen LogP contribution in [0.25, 0.3) is 0 Å². The second kappa shape index (κ2) is 3.62. The number of esters is 2. The van der Waals surface area contributed by atoms with Gasteiger partial charge in [0.1, 0.15) is 0 Å². The van der Waals surface area contributed by atoms with E-state index < -0.39 is 35.9 Å². The van der Waals surface area contributed by atoms with E-state index in [0.29, 0.717) is 0 Å². The Morgan fingerprint density at radius 3 is 2.56 bits per heavy atom. The zero-order valence-electron chi connectivity index (χ0n) is 8.54. The molecule has 0 bridgehead atoms. The lowest BCUT2D eigenvalue weighted by Gasteiger charge is -2.28. The van der Waals surface area contributed by atoms with Crippen LogP contribution in [-0.2, 0) is 14.3 Å². The van der Waals surface area contributed by atoms with E-state index >= 15 is 0 Å². The number of allylic oxidation sites excluding steroid dienone is 1. The SMILES string of the molecule is CC1C=CC(NC(=O)O)C2C(=O)OC(=O)C12. The molecule has 0 aromatic carbocycles. The molecule has 0 saturated carbocycles. The summed E-state index contributed by atoms with van der Waals surface area (Å²) in [6.45, 7) is 1.80. The number of hydrogen-bond donors (Lipinski definition) is 2. The molecule has 6 heteroatoms. The van der Waals surface area contributed by atoms with Crippen molar-refractivity contribution in [3.05, 3.63) is 12.2 Å². The van der Waals surface area contributed by atoms with Gasteiger partial charge in [-0.2, -0.15) is 0 Å². The van der Waals surface area contributed by atoms with Crippen LogP contribution in [0.1, 0.15) is 6.92 Å². The Morgan fingerprint density at radius 1 is 1.31 bits per heavy atom. The standard InChI is InChI=1S/C10H11NO5/c1-4-2-3-5(11-10(14)15)7-6(4)8(12)16-9(7)13/h2-7,11H,1H3,(H,14,15). The summed E-state index contributed by atoms with van der Waals surface area (Å²) in [5, 5.41) is 10.8. The Kier molecular flexibility index (Phi) is 2.41. The summed E-state index contributed by atoms with van der Waals surface area (Å²) >= 11 is 0. The van der Waals surface area contributed by atoms with E-state index in [0.717, 1.165) is 0 Å². The van der Waals surface area contributed by atoms with Crippen molar-refractivity contribution in [2.45, 2.75) is 13.0 Å². The maximum atomic E-state index is 11.4. The molecule has 0 radical (unpaired) electrons. The van der Waals surface area contributed by atoms with Crippen molar-refractivity contribution in [2.24, 2.45) is 17.8 Å². The quantitative estimate of drug-likeness (QED) is 0.376. The molecule has 2 aliphatic rings. The lowest BCUT2D eigenvalue weighted by Crippen LogP contribution is -2.46. The summed E-state index contributed by atoms with van der Waals surface area (Å²) in [4.78, 5) is 33.4. The van der Waals surface area contributed by atoms with Gasteiger partial charge in [0.2, 0.25) is 0 Å². The van der Waals surface area contributed by atoms with Gasteiger partial charge in [-0.3, -0.25) is 9.59 Å². The zero-order chi connectivity index (χ0) is 11.9. The average molecular weight is 225 g/mol. The number of carbonyl (C=O) groups is 3. The third kappa shape index (κ3) is 1.56. The van der Waals surface area contributed by atoms with E-state index in [1.54, 1.807) is 19.1 Å². The van der Waals surface area contributed by atoms with Gasteiger partial charge < -0.3 is 15.2 Å². The summed E-state index contributed by atoms with van der Waals surface area (Å²) in [6.07, 6.45) is 2.09. The van der Waals surface area contributed by atoms with Crippen LogP contribution in [0.5, 0.6) is 0 Å². The molecule has 1 heterocycles. The number of cyclic esters (lactones) is 2. The molecule has 1 saturated heterocycles. The number of nitrogens with one attached hydrogen (secondary N) is 1. The summed E-state index contributed by atoms with van der Waals surface area (Å²) in [6, 6.07) is -0.683. The maximum absolute atomic E-state index is 11.4. The van der Waals surface area contributed by atoms with Gasteiger partial charge in [0.15, 0.2) is 0 Å². The first-order valence-electron chi connectivity index (χ1n) is 4.94. The molecule has 4 atom stereocenters. The molecular formula is C10H11NO5. The lowest BCUT2D eigenvalue weighted by atomic mass is 9.75. The van der Waals surface area contributed by atoms with Crippen molar-refractivity contribution in [1.82, 2.24) is 5.32 Å². The van der Waals surface area contributed by atoms with Crippen molar-refractivity contribution in [1.29, 1.82) is 0 Å². The van der Waals surface area contributed by atoms with E-state index in [4.69, 9.17) is 5.11 Å². The van der Waals surface area contributed by atoms with Crippen LogP contribution in [0.2, 0.25) is 0 Å². The summed E-state index contributed by atoms with van der Waals surface area (Å²) in [5.74, 6) is -2.64. The number of carboxylic acid groups (broad SMARTS) is 1. The molecule has 1 aliphatic carbocycles. The first-order chi connectivity index (χ1) is 7.50. The van der Waals surface area contributed by atoms with Crippen LogP contribution in [0.4, 0.5) is 4.79 Å². The minimum atomic E-state index is -1.23. The van der Waals surface area contributed by atoms with Crippen LogP contribution >= 0.6 is 0 Å². The number of fused-ring (bicyclic) bond motifs is 1. The van der Waals surface area contributed by atoms with Crippen LogP contribution in [0.15, 0.2) is 12.2 Å². The number of amides is 1. The van der Waals surface area contributed by atoms with Crippen molar-refractivity contribution >= 4 is 18.0 Å². The molecule has 16 heavy (non-hydrogen) atoms. The third-order valence-electron chi connectivity index (χ3n) is 3.00. The first-order valence-corrected chi connectivity index (χ1v) is 4.94.